The lowest BCUT2D eigenvalue weighted by Gasteiger charge is -2.16. The van der Waals surface area contributed by atoms with Crippen molar-refractivity contribution in [2.75, 3.05) is 0 Å². The SMILES string of the molecule is Cc1cc(C)c(CSC(N)=[NH2+])c(C)c1CSC(N)=[NH2+].[Cl-].[Cl-]. The normalized spacial score (nSPS) is 9.48. The molecule has 4 nitrogen and oxygen atoms in total. The molecule has 1 aromatic rings. The highest BCUT2D eigenvalue weighted by Gasteiger charge is 2.13. The second-order valence-electron chi connectivity index (χ2n) is 4.47. The molecule has 1 rings (SSSR count). The molecule has 120 valence electrons. The number of benzene rings is 1. The first kappa shape index (κ1) is 22.7. The van der Waals surface area contributed by atoms with Crippen molar-refractivity contribution in [1.29, 1.82) is 0 Å². The summed E-state index contributed by atoms with van der Waals surface area (Å²) in [5.41, 5.74) is 17.4. The molecule has 0 aliphatic carbocycles. The lowest BCUT2D eigenvalue weighted by Crippen LogP contribution is -3.00. The lowest BCUT2D eigenvalue weighted by atomic mass is 9.95. The number of hydrogen-bond acceptors (Lipinski definition) is 2. The molecule has 0 heterocycles. The van der Waals surface area contributed by atoms with Crippen molar-refractivity contribution in [2.24, 2.45) is 11.5 Å². The van der Waals surface area contributed by atoms with Crippen molar-refractivity contribution in [3.63, 3.8) is 0 Å². The molecule has 0 aliphatic heterocycles. The number of amidine groups is 2. The monoisotopic (exact) mass is 368 g/mol. The van der Waals surface area contributed by atoms with E-state index in [0.717, 1.165) is 11.5 Å². The summed E-state index contributed by atoms with van der Waals surface area (Å²) in [5.74, 6) is 1.58. The molecular formula is C13H22Cl2N4S2. The molecule has 0 aliphatic rings. The summed E-state index contributed by atoms with van der Waals surface area (Å²) < 4.78 is 0. The predicted octanol–water partition coefficient (Wildman–Crippen LogP) is -6.77. The Balaban J connectivity index is 0. The van der Waals surface area contributed by atoms with Crippen molar-refractivity contribution in [1.82, 2.24) is 0 Å². The van der Waals surface area contributed by atoms with E-state index >= 15 is 0 Å². The minimum atomic E-state index is 0. The molecule has 0 aromatic heterocycles. The van der Waals surface area contributed by atoms with Gasteiger partial charge < -0.3 is 24.8 Å². The van der Waals surface area contributed by atoms with Crippen LogP contribution in [0.1, 0.15) is 27.8 Å². The first-order valence-electron chi connectivity index (χ1n) is 5.92. The summed E-state index contributed by atoms with van der Waals surface area (Å²) in [6, 6.07) is 2.19. The first-order valence-corrected chi connectivity index (χ1v) is 7.90. The van der Waals surface area contributed by atoms with E-state index in [1.54, 1.807) is 0 Å². The summed E-state index contributed by atoms with van der Waals surface area (Å²) in [4.78, 5) is 0. The van der Waals surface area contributed by atoms with E-state index in [0.29, 0.717) is 10.3 Å². The quantitative estimate of drug-likeness (QED) is 0.313. The Hall–Kier alpha value is -0.560. The zero-order chi connectivity index (χ0) is 14.6. The highest BCUT2D eigenvalue weighted by atomic mass is 35.5. The molecule has 0 radical (unpaired) electrons. The van der Waals surface area contributed by atoms with Crippen LogP contribution in [0.25, 0.3) is 0 Å². The van der Waals surface area contributed by atoms with Gasteiger partial charge in [0.25, 0.3) is 10.3 Å². The van der Waals surface area contributed by atoms with E-state index in [-0.39, 0.29) is 24.8 Å². The molecule has 0 amide bonds. The summed E-state index contributed by atoms with van der Waals surface area (Å²) in [6.07, 6.45) is 0. The van der Waals surface area contributed by atoms with E-state index in [4.69, 9.17) is 22.3 Å². The van der Waals surface area contributed by atoms with E-state index in [1.807, 2.05) is 0 Å². The summed E-state index contributed by atoms with van der Waals surface area (Å²) in [5, 5.41) is 11.8. The van der Waals surface area contributed by atoms with Gasteiger partial charge in [0.05, 0.1) is 0 Å². The van der Waals surface area contributed by atoms with Crippen LogP contribution in [0.5, 0.6) is 0 Å². The number of aryl methyl sites for hydroxylation is 2. The molecule has 21 heavy (non-hydrogen) atoms. The highest BCUT2D eigenvalue weighted by molar-refractivity contribution is 8.13. The topological polar surface area (TPSA) is 103 Å². The molecule has 0 saturated heterocycles. The van der Waals surface area contributed by atoms with E-state index in [9.17, 15) is 0 Å². The minimum absolute atomic E-state index is 0. The number of hydrogen-bond donors (Lipinski definition) is 4. The molecule has 0 atom stereocenters. The number of halogens is 2. The minimum Gasteiger partial charge on any atom is -1.00 e. The van der Waals surface area contributed by atoms with Gasteiger partial charge in [0.1, 0.15) is 0 Å². The molecular weight excluding hydrogens is 347 g/mol. The first-order chi connectivity index (χ1) is 8.82. The van der Waals surface area contributed by atoms with Crippen LogP contribution in [-0.4, -0.2) is 10.3 Å². The van der Waals surface area contributed by atoms with Gasteiger partial charge in [0.15, 0.2) is 0 Å². The van der Waals surface area contributed by atoms with Crippen LogP contribution in [0.15, 0.2) is 6.07 Å². The Morgan fingerprint density at radius 2 is 1.24 bits per heavy atom. The van der Waals surface area contributed by atoms with Crippen LogP contribution in [0.3, 0.4) is 0 Å². The fraction of sp³-hybridized carbons (Fsp3) is 0.385. The third kappa shape index (κ3) is 6.82. The van der Waals surface area contributed by atoms with E-state index in [2.05, 4.69) is 26.8 Å². The summed E-state index contributed by atoms with van der Waals surface area (Å²) >= 11 is 2.92. The zero-order valence-electron chi connectivity index (χ0n) is 12.4. The summed E-state index contributed by atoms with van der Waals surface area (Å²) in [7, 11) is 0. The van der Waals surface area contributed by atoms with Gasteiger partial charge in [-0.2, -0.15) is 0 Å². The second kappa shape index (κ2) is 10.2. The molecule has 0 spiro atoms. The van der Waals surface area contributed by atoms with Gasteiger partial charge in [-0.3, -0.25) is 22.3 Å². The average molecular weight is 369 g/mol. The Morgan fingerprint density at radius 1 is 0.905 bits per heavy atom. The largest absolute Gasteiger partial charge is 1.00 e. The summed E-state index contributed by atoms with van der Waals surface area (Å²) in [6.45, 7) is 6.36. The van der Waals surface area contributed by atoms with Crippen LogP contribution >= 0.6 is 23.5 Å². The van der Waals surface area contributed by atoms with Gasteiger partial charge in [-0.15, -0.1) is 0 Å². The van der Waals surface area contributed by atoms with Gasteiger partial charge >= 0.3 is 0 Å². The molecule has 8 heteroatoms. The highest BCUT2D eigenvalue weighted by Crippen LogP contribution is 2.28. The Labute approximate surface area is 147 Å². The van der Waals surface area contributed by atoms with E-state index < -0.39 is 0 Å². The number of nitrogens with two attached hydrogens (primary N) is 4. The van der Waals surface area contributed by atoms with Crippen molar-refractivity contribution in [2.45, 2.75) is 32.3 Å². The fourth-order valence-corrected chi connectivity index (χ4v) is 3.54. The van der Waals surface area contributed by atoms with Gasteiger partial charge in [0.2, 0.25) is 0 Å². The van der Waals surface area contributed by atoms with Crippen LogP contribution in [0.2, 0.25) is 0 Å². The zero-order valence-corrected chi connectivity index (χ0v) is 15.5. The van der Waals surface area contributed by atoms with Crippen molar-refractivity contribution in [3.05, 3.63) is 33.9 Å². The van der Waals surface area contributed by atoms with Gasteiger partial charge in [0, 0.05) is 11.5 Å². The standard InChI is InChI=1S/C13H20N4S2.2ClH/c1-7-4-8(2)11(6-19-13(16)17)9(3)10(7)5-18-12(14)15;;/h4H,5-6H2,1-3H3,(H3,14,15)(H3,16,17);2*1H. The third-order valence-corrected chi connectivity index (χ3v) is 4.59. The van der Waals surface area contributed by atoms with Crippen molar-refractivity contribution in [3.8, 4) is 0 Å². The maximum absolute atomic E-state index is 5.52. The van der Waals surface area contributed by atoms with Crippen molar-refractivity contribution >= 4 is 33.9 Å². The smallest absolute Gasteiger partial charge is 0.300 e. The molecule has 0 fully saturated rings. The maximum Gasteiger partial charge on any atom is 0.300 e. The van der Waals surface area contributed by atoms with Gasteiger partial charge in [-0.05, 0) is 72.1 Å². The molecule has 0 bridgehead atoms. The van der Waals surface area contributed by atoms with Crippen LogP contribution in [0.4, 0.5) is 0 Å². The maximum atomic E-state index is 5.52. The Kier molecular flexibility index (Phi) is 11.0. The number of rotatable bonds is 4. The van der Waals surface area contributed by atoms with E-state index in [1.165, 1.54) is 51.3 Å². The number of thioether (sulfide) groups is 2. The van der Waals surface area contributed by atoms with Crippen molar-refractivity contribution < 1.29 is 35.6 Å². The molecule has 0 saturated carbocycles. The third-order valence-electron chi connectivity index (χ3n) is 3.06. The second-order valence-corrected chi connectivity index (χ2v) is 6.57. The average Bonchev–Trinajstić information content (AvgIpc) is 2.27. The van der Waals surface area contributed by atoms with Crippen LogP contribution in [0, 0.1) is 20.8 Å². The molecule has 1 aromatic carbocycles. The van der Waals surface area contributed by atoms with Gasteiger partial charge in [-0.1, -0.05) is 6.07 Å². The molecule has 8 N–H and O–H groups in total. The fourth-order valence-electron chi connectivity index (χ4n) is 2.03. The Bertz CT molecular complexity index is 479. The predicted molar refractivity (Wildman–Crippen MR) is 85.5 cm³/mol. The van der Waals surface area contributed by atoms with Gasteiger partial charge in [-0.25, -0.2) is 0 Å². The Morgan fingerprint density at radius 3 is 1.52 bits per heavy atom. The lowest BCUT2D eigenvalue weighted by molar-refractivity contribution is -0.110. The molecule has 0 unspecified atom stereocenters. The van der Waals surface area contributed by atoms with Crippen LogP contribution in [-0.2, 0) is 11.5 Å². The van der Waals surface area contributed by atoms with Crippen LogP contribution < -0.4 is 47.1 Å².